The van der Waals surface area contributed by atoms with Crippen LogP contribution in [0.5, 0.6) is 0 Å². The lowest BCUT2D eigenvalue weighted by Gasteiger charge is -2.16. The molecule has 4 aromatic rings. The van der Waals surface area contributed by atoms with Crippen molar-refractivity contribution >= 4 is 33.1 Å². The minimum atomic E-state index is -0.0906. The van der Waals surface area contributed by atoms with Gasteiger partial charge in [0.1, 0.15) is 0 Å². The summed E-state index contributed by atoms with van der Waals surface area (Å²) in [7, 11) is 0. The van der Waals surface area contributed by atoms with Crippen molar-refractivity contribution < 1.29 is 4.79 Å². The maximum absolute atomic E-state index is 12.7. The van der Waals surface area contributed by atoms with Gasteiger partial charge in [-0.3, -0.25) is 10.1 Å². The lowest BCUT2D eigenvalue weighted by Crippen LogP contribution is -2.13. The quantitative estimate of drug-likeness (QED) is 0.464. The minimum absolute atomic E-state index is 0.0906. The summed E-state index contributed by atoms with van der Waals surface area (Å²) in [5.41, 5.74) is 5.39. The summed E-state index contributed by atoms with van der Waals surface area (Å²) in [6.07, 6.45) is 4.64. The van der Waals surface area contributed by atoms with E-state index in [1.54, 1.807) is 0 Å². The number of benzene rings is 3. The molecular formula is C24H20N2OS. The predicted molar refractivity (Wildman–Crippen MR) is 116 cm³/mol. The first-order valence-corrected chi connectivity index (χ1v) is 10.5. The Morgan fingerprint density at radius 2 is 1.75 bits per heavy atom. The predicted octanol–water partition coefficient (Wildman–Crippen LogP) is 6.09. The third kappa shape index (κ3) is 3.20. The fraction of sp³-hybridized carbons (Fsp3) is 0.167. The summed E-state index contributed by atoms with van der Waals surface area (Å²) in [5.74, 6) is -0.0906. The summed E-state index contributed by atoms with van der Waals surface area (Å²) in [5, 5.41) is 7.96. The number of hydrogen-bond donors (Lipinski definition) is 1. The molecule has 0 bridgehead atoms. The van der Waals surface area contributed by atoms with Gasteiger partial charge in [0.25, 0.3) is 5.91 Å². The average molecular weight is 385 g/mol. The third-order valence-corrected chi connectivity index (χ3v) is 6.16. The maximum atomic E-state index is 12.7. The van der Waals surface area contributed by atoms with Gasteiger partial charge in [-0.25, -0.2) is 4.98 Å². The van der Waals surface area contributed by atoms with Crippen LogP contribution < -0.4 is 5.32 Å². The summed E-state index contributed by atoms with van der Waals surface area (Å²) < 4.78 is 0. The van der Waals surface area contributed by atoms with Crippen LogP contribution in [0.4, 0.5) is 5.13 Å². The van der Waals surface area contributed by atoms with Gasteiger partial charge in [-0.1, -0.05) is 48.5 Å². The highest BCUT2D eigenvalue weighted by Crippen LogP contribution is 2.31. The molecule has 1 aliphatic rings. The number of thiazole rings is 1. The molecule has 28 heavy (non-hydrogen) atoms. The van der Waals surface area contributed by atoms with Gasteiger partial charge < -0.3 is 0 Å². The van der Waals surface area contributed by atoms with Crippen LogP contribution in [0.3, 0.4) is 0 Å². The van der Waals surface area contributed by atoms with Gasteiger partial charge in [-0.15, -0.1) is 11.3 Å². The molecular weight excluding hydrogens is 364 g/mol. The van der Waals surface area contributed by atoms with Crippen molar-refractivity contribution in [2.24, 2.45) is 0 Å². The van der Waals surface area contributed by atoms with E-state index in [0.717, 1.165) is 24.1 Å². The molecule has 3 nitrogen and oxygen atoms in total. The number of nitrogens with one attached hydrogen (secondary N) is 1. The second-order valence-corrected chi connectivity index (χ2v) is 8.07. The Bertz CT molecular complexity index is 1170. The van der Waals surface area contributed by atoms with Crippen LogP contribution in [0.15, 0.2) is 66.0 Å². The van der Waals surface area contributed by atoms with E-state index in [-0.39, 0.29) is 5.91 Å². The van der Waals surface area contributed by atoms with Crippen molar-refractivity contribution in [3.63, 3.8) is 0 Å². The smallest absolute Gasteiger partial charge is 0.257 e. The number of aryl methyl sites for hydroxylation is 2. The van der Waals surface area contributed by atoms with Crippen LogP contribution in [0, 0.1) is 0 Å². The molecule has 1 amide bonds. The van der Waals surface area contributed by atoms with E-state index >= 15 is 0 Å². The van der Waals surface area contributed by atoms with Crippen LogP contribution in [0.25, 0.3) is 22.0 Å². The number of carbonyl (C=O) groups is 1. The molecule has 5 rings (SSSR count). The molecule has 0 saturated heterocycles. The first-order valence-electron chi connectivity index (χ1n) is 9.65. The first kappa shape index (κ1) is 17.1. The van der Waals surface area contributed by atoms with E-state index in [0.29, 0.717) is 10.7 Å². The monoisotopic (exact) mass is 384 g/mol. The van der Waals surface area contributed by atoms with Crippen LogP contribution in [-0.4, -0.2) is 10.9 Å². The number of hydrogen-bond acceptors (Lipinski definition) is 3. The van der Waals surface area contributed by atoms with Gasteiger partial charge in [0, 0.05) is 16.5 Å². The Morgan fingerprint density at radius 3 is 2.68 bits per heavy atom. The highest BCUT2D eigenvalue weighted by molar-refractivity contribution is 7.14. The van der Waals surface area contributed by atoms with Crippen LogP contribution in [0.2, 0.25) is 0 Å². The Balaban J connectivity index is 1.40. The molecule has 138 valence electrons. The average Bonchev–Trinajstić information content (AvgIpc) is 3.21. The zero-order valence-corrected chi connectivity index (χ0v) is 16.3. The Morgan fingerprint density at radius 1 is 0.929 bits per heavy atom. The standard InChI is InChI=1S/C24H20N2OS/c27-23(19-13-12-16-6-1-2-8-18(16)14-19)26-24-25-22(15-28-24)21-11-5-9-17-7-3-4-10-20(17)21/h3-5,7,9-15H,1-2,6,8H2,(H,25,26,27). The largest absolute Gasteiger partial charge is 0.298 e. The van der Waals surface area contributed by atoms with Crippen molar-refractivity contribution in [1.29, 1.82) is 0 Å². The molecule has 3 aromatic carbocycles. The van der Waals surface area contributed by atoms with Crippen molar-refractivity contribution in [1.82, 2.24) is 4.98 Å². The fourth-order valence-electron chi connectivity index (χ4n) is 3.95. The van der Waals surface area contributed by atoms with Gasteiger partial charge in [-0.05, 0) is 59.7 Å². The number of amides is 1. The second-order valence-electron chi connectivity index (χ2n) is 7.21. The second kappa shape index (κ2) is 7.21. The van der Waals surface area contributed by atoms with Crippen molar-refractivity contribution in [3.8, 4) is 11.3 Å². The molecule has 0 atom stereocenters. The highest BCUT2D eigenvalue weighted by Gasteiger charge is 2.15. The lowest BCUT2D eigenvalue weighted by molar-refractivity contribution is 0.102. The number of rotatable bonds is 3. The zero-order valence-electron chi connectivity index (χ0n) is 15.4. The third-order valence-electron chi connectivity index (χ3n) is 5.40. The topological polar surface area (TPSA) is 42.0 Å². The van der Waals surface area contributed by atoms with E-state index < -0.39 is 0 Å². The highest BCUT2D eigenvalue weighted by atomic mass is 32.1. The summed E-state index contributed by atoms with van der Waals surface area (Å²) >= 11 is 1.46. The van der Waals surface area contributed by atoms with Gasteiger partial charge in [-0.2, -0.15) is 0 Å². The molecule has 1 aliphatic carbocycles. The number of aromatic nitrogens is 1. The van der Waals surface area contributed by atoms with Crippen LogP contribution in [0.1, 0.15) is 34.3 Å². The molecule has 1 heterocycles. The molecule has 1 N–H and O–H groups in total. The number of anilines is 1. The van der Waals surface area contributed by atoms with Crippen LogP contribution in [-0.2, 0) is 12.8 Å². The normalized spacial score (nSPS) is 13.3. The summed E-state index contributed by atoms with van der Waals surface area (Å²) in [6, 6.07) is 20.6. The Labute approximate surface area is 168 Å². The Hall–Kier alpha value is -2.98. The van der Waals surface area contributed by atoms with Gasteiger partial charge in [0.2, 0.25) is 0 Å². The van der Waals surface area contributed by atoms with Gasteiger partial charge >= 0.3 is 0 Å². The molecule has 0 unspecified atom stereocenters. The molecule has 1 aromatic heterocycles. The summed E-state index contributed by atoms with van der Waals surface area (Å²) in [6.45, 7) is 0. The van der Waals surface area contributed by atoms with E-state index in [1.165, 1.54) is 46.1 Å². The fourth-order valence-corrected chi connectivity index (χ4v) is 4.65. The molecule has 0 spiro atoms. The Kier molecular flexibility index (Phi) is 4.41. The lowest BCUT2D eigenvalue weighted by atomic mass is 9.90. The van der Waals surface area contributed by atoms with E-state index in [4.69, 9.17) is 0 Å². The van der Waals surface area contributed by atoms with Gasteiger partial charge in [0.15, 0.2) is 5.13 Å². The SMILES string of the molecule is O=C(Nc1nc(-c2cccc3ccccc23)cs1)c1ccc2c(c1)CCCC2. The van der Waals surface area contributed by atoms with Crippen molar-refractivity contribution in [2.75, 3.05) is 5.32 Å². The zero-order chi connectivity index (χ0) is 18.9. The number of fused-ring (bicyclic) bond motifs is 2. The van der Waals surface area contributed by atoms with Crippen LogP contribution >= 0.6 is 11.3 Å². The number of carbonyl (C=O) groups excluding carboxylic acids is 1. The van der Waals surface area contributed by atoms with E-state index in [9.17, 15) is 4.79 Å². The summed E-state index contributed by atoms with van der Waals surface area (Å²) in [4.78, 5) is 17.4. The van der Waals surface area contributed by atoms with E-state index in [1.807, 2.05) is 35.7 Å². The minimum Gasteiger partial charge on any atom is -0.298 e. The first-order chi connectivity index (χ1) is 13.8. The van der Waals surface area contributed by atoms with Crippen molar-refractivity contribution in [2.45, 2.75) is 25.7 Å². The maximum Gasteiger partial charge on any atom is 0.257 e. The van der Waals surface area contributed by atoms with Crippen molar-refractivity contribution in [3.05, 3.63) is 82.7 Å². The molecule has 0 radical (unpaired) electrons. The van der Waals surface area contributed by atoms with Gasteiger partial charge in [0.05, 0.1) is 5.69 Å². The molecule has 0 fully saturated rings. The molecule has 0 saturated carbocycles. The molecule has 4 heteroatoms. The molecule has 0 aliphatic heterocycles. The number of nitrogens with zero attached hydrogens (tertiary/aromatic N) is 1. The van der Waals surface area contributed by atoms with E-state index in [2.05, 4.69) is 40.6 Å².